The lowest BCUT2D eigenvalue weighted by molar-refractivity contribution is 1.09. The van der Waals surface area contributed by atoms with Crippen molar-refractivity contribution in [3.8, 4) is 0 Å². The third-order valence-corrected chi connectivity index (χ3v) is 1.41. The van der Waals surface area contributed by atoms with Crippen LogP contribution in [-0.4, -0.2) is 27.2 Å². The first-order chi connectivity index (χ1) is 5.83. The molecular formula is C6H7N5. The highest BCUT2D eigenvalue weighted by atomic mass is 15.2. The molecule has 2 rings (SSSR count). The summed E-state index contributed by atoms with van der Waals surface area (Å²) in [6.45, 7) is 0. The monoisotopic (exact) mass is 151 g/mol. The number of H-pyrrole nitrogens is 1. The molecule has 0 spiro atoms. The molecule has 2 N–H and O–H groups in total. The minimum absolute atomic E-state index is 0.162. The van der Waals surface area contributed by atoms with Gasteiger partial charge < -0.3 is 5.32 Å². The van der Waals surface area contributed by atoms with E-state index < -0.39 is 0 Å². The summed E-state index contributed by atoms with van der Waals surface area (Å²) in [5, 5.41) is 9.83. The molecule has 0 saturated heterocycles. The molecule has 0 aliphatic heterocycles. The molecular weight excluding hydrogens is 142 g/mol. The molecule has 0 aromatic carbocycles. The Balaban J connectivity index is 2.84. The Morgan fingerprint density at radius 3 is 3.36 bits per heavy atom. The van der Waals surface area contributed by atoms with Gasteiger partial charge in [-0.05, 0) is 0 Å². The summed E-state index contributed by atoms with van der Waals surface area (Å²) in [5.74, 6) is 0.624. The van der Waals surface area contributed by atoms with Gasteiger partial charge in [0.2, 0.25) is 0 Å². The molecule has 2 aromatic rings. The van der Waals surface area contributed by atoms with Crippen molar-refractivity contribution in [2.75, 3.05) is 12.4 Å². The first-order valence-corrected chi connectivity index (χ1v) is 3.16. The molecule has 0 atom stereocenters. The quantitative estimate of drug-likeness (QED) is 0.619. The van der Waals surface area contributed by atoms with E-state index in [0.717, 1.165) is 0 Å². The SMILES string of the molecule is [3H]c1n[nH]c2ncnc(NC)c12. The van der Waals surface area contributed by atoms with Crippen molar-refractivity contribution in [1.82, 2.24) is 20.2 Å². The Morgan fingerprint density at radius 2 is 2.55 bits per heavy atom. The maximum Gasteiger partial charge on any atom is 0.160 e. The number of nitrogens with one attached hydrogen (secondary N) is 2. The van der Waals surface area contributed by atoms with E-state index in [-0.39, 0.29) is 6.17 Å². The van der Waals surface area contributed by atoms with E-state index in [2.05, 4.69) is 25.5 Å². The first-order valence-electron chi connectivity index (χ1n) is 3.66. The summed E-state index contributed by atoms with van der Waals surface area (Å²) in [5.41, 5.74) is 0.583. The van der Waals surface area contributed by atoms with Crippen LogP contribution in [0.4, 0.5) is 5.82 Å². The van der Waals surface area contributed by atoms with Crippen molar-refractivity contribution in [3.05, 3.63) is 12.5 Å². The molecule has 0 aliphatic carbocycles. The number of nitrogens with zero attached hydrogens (tertiary/aromatic N) is 3. The fraction of sp³-hybridized carbons (Fsp3) is 0.167. The van der Waals surface area contributed by atoms with E-state index in [1.54, 1.807) is 7.05 Å². The molecule has 5 heteroatoms. The molecule has 11 heavy (non-hydrogen) atoms. The molecule has 5 nitrogen and oxygen atoms in total. The van der Waals surface area contributed by atoms with Gasteiger partial charge in [0.05, 0.1) is 12.9 Å². The van der Waals surface area contributed by atoms with Crippen LogP contribution in [0, 0.1) is 0 Å². The second-order valence-electron chi connectivity index (χ2n) is 2.03. The molecule has 0 saturated carbocycles. The average molecular weight is 151 g/mol. The van der Waals surface area contributed by atoms with Crippen molar-refractivity contribution in [3.63, 3.8) is 0 Å². The summed E-state index contributed by atoms with van der Waals surface area (Å²) in [7, 11) is 1.74. The lowest BCUT2D eigenvalue weighted by atomic mass is 10.4. The van der Waals surface area contributed by atoms with Crippen LogP contribution < -0.4 is 5.32 Å². The fourth-order valence-electron chi connectivity index (χ4n) is 0.903. The first kappa shape index (κ1) is 5.06. The second kappa shape index (κ2) is 2.19. The number of hydrogen-bond acceptors (Lipinski definition) is 4. The third kappa shape index (κ3) is 0.813. The zero-order valence-electron chi connectivity index (χ0n) is 6.92. The van der Waals surface area contributed by atoms with E-state index in [1.807, 2.05) is 0 Å². The van der Waals surface area contributed by atoms with Crippen molar-refractivity contribution >= 4 is 16.9 Å². The van der Waals surface area contributed by atoms with Crippen LogP contribution in [0.3, 0.4) is 0 Å². The number of hydrogen-bond donors (Lipinski definition) is 2. The summed E-state index contributed by atoms with van der Waals surface area (Å²) in [4.78, 5) is 7.88. The van der Waals surface area contributed by atoms with E-state index in [1.165, 1.54) is 6.33 Å². The van der Waals surface area contributed by atoms with Gasteiger partial charge in [0.1, 0.15) is 12.1 Å². The van der Waals surface area contributed by atoms with Gasteiger partial charge in [-0.25, -0.2) is 9.97 Å². The highest BCUT2D eigenvalue weighted by Crippen LogP contribution is 2.14. The summed E-state index contributed by atoms with van der Waals surface area (Å²) in [6, 6.07) is 0. The Kier molecular flexibility index (Phi) is 1.01. The van der Waals surface area contributed by atoms with Crippen LogP contribution in [0.15, 0.2) is 12.5 Å². The van der Waals surface area contributed by atoms with Gasteiger partial charge >= 0.3 is 0 Å². The molecule has 0 radical (unpaired) electrons. The van der Waals surface area contributed by atoms with Gasteiger partial charge in [-0.15, -0.1) is 0 Å². The van der Waals surface area contributed by atoms with E-state index in [0.29, 0.717) is 16.9 Å². The maximum atomic E-state index is 7.43. The molecule has 2 aromatic heterocycles. The van der Waals surface area contributed by atoms with Gasteiger partial charge in [-0.1, -0.05) is 0 Å². The van der Waals surface area contributed by atoms with Crippen molar-refractivity contribution in [2.24, 2.45) is 0 Å². The van der Waals surface area contributed by atoms with Gasteiger partial charge in [0, 0.05) is 7.05 Å². The van der Waals surface area contributed by atoms with Gasteiger partial charge in [0.15, 0.2) is 5.65 Å². The summed E-state index contributed by atoms with van der Waals surface area (Å²) < 4.78 is 7.43. The normalized spacial score (nSPS) is 11.5. The molecule has 56 valence electrons. The van der Waals surface area contributed by atoms with Crippen LogP contribution in [0.25, 0.3) is 11.0 Å². The highest BCUT2D eigenvalue weighted by Gasteiger charge is 2.01. The van der Waals surface area contributed by atoms with Crippen LogP contribution >= 0.6 is 0 Å². The molecule has 2 heterocycles. The molecule has 0 amide bonds. The van der Waals surface area contributed by atoms with E-state index >= 15 is 0 Å². The Morgan fingerprint density at radius 1 is 1.64 bits per heavy atom. The van der Waals surface area contributed by atoms with Crippen LogP contribution in [0.2, 0.25) is 0 Å². The van der Waals surface area contributed by atoms with Crippen molar-refractivity contribution in [2.45, 2.75) is 0 Å². The Bertz CT molecular complexity index is 409. The van der Waals surface area contributed by atoms with Crippen LogP contribution in [0.1, 0.15) is 1.37 Å². The minimum atomic E-state index is 0.162. The number of fused-ring (bicyclic) bond motifs is 1. The fourth-order valence-corrected chi connectivity index (χ4v) is 0.903. The van der Waals surface area contributed by atoms with Crippen molar-refractivity contribution < 1.29 is 1.37 Å². The predicted octanol–water partition coefficient (Wildman–Crippen LogP) is 0.395. The topological polar surface area (TPSA) is 66.5 Å². The van der Waals surface area contributed by atoms with Crippen LogP contribution in [-0.2, 0) is 0 Å². The molecule has 0 unspecified atom stereocenters. The van der Waals surface area contributed by atoms with Crippen molar-refractivity contribution in [1.29, 1.82) is 0 Å². The maximum absolute atomic E-state index is 7.43. The van der Waals surface area contributed by atoms with E-state index in [4.69, 9.17) is 1.37 Å². The minimum Gasteiger partial charge on any atom is -0.372 e. The van der Waals surface area contributed by atoms with E-state index in [9.17, 15) is 0 Å². The number of rotatable bonds is 1. The van der Waals surface area contributed by atoms with Crippen LogP contribution in [0.5, 0.6) is 0 Å². The lowest BCUT2D eigenvalue weighted by Crippen LogP contribution is -1.92. The number of anilines is 1. The zero-order valence-corrected chi connectivity index (χ0v) is 5.92. The van der Waals surface area contributed by atoms with Gasteiger partial charge in [-0.2, -0.15) is 5.10 Å². The summed E-state index contributed by atoms with van der Waals surface area (Å²) in [6.07, 6.45) is 1.58. The average Bonchev–Trinajstić information content (AvgIpc) is 2.48. The molecule has 0 aliphatic rings. The zero-order chi connectivity index (χ0) is 8.55. The summed E-state index contributed by atoms with van der Waals surface area (Å²) >= 11 is 0. The number of aromatic amines is 1. The smallest absolute Gasteiger partial charge is 0.160 e. The Labute approximate surface area is 64.3 Å². The predicted molar refractivity (Wildman–Crippen MR) is 41.2 cm³/mol. The Hall–Kier alpha value is -1.65. The molecule has 0 bridgehead atoms. The third-order valence-electron chi connectivity index (χ3n) is 1.41. The van der Waals surface area contributed by atoms with Gasteiger partial charge in [-0.3, -0.25) is 5.10 Å². The largest absolute Gasteiger partial charge is 0.372 e. The van der Waals surface area contributed by atoms with Gasteiger partial charge in [0.25, 0.3) is 0 Å². The standard InChI is InChI=1S/C6H7N5/c1-7-5-4-2-10-11-6(4)9-3-8-5/h2-3H,1H3,(H2,7,8,9,10,11)/i2T. The second-order valence-corrected chi connectivity index (χ2v) is 2.03. The lowest BCUT2D eigenvalue weighted by Gasteiger charge is -1.96. The highest BCUT2D eigenvalue weighted by molar-refractivity contribution is 5.85. The molecule has 0 fully saturated rings. The number of aromatic nitrogens is 4.